The number of aromatic nitrogens is 4. The first-order valence-electron chi connectivity index (χ1n) is 7.94. The highest BCUT2D eigenvalue weighted by Crippen LogP contribution is 2.27. The Hall–Kier alpha value is -1.75. The summed E-state index contributed by atoms with van der Waals surface area (Å²) < 4.78 is 2.12. The summed E-state index contributed by atoms with van der Waals surface area (Å²) in [4.78, 5) is 8.93. The van der Waals surface area contributed by atoms with Crippen LogP contribution in [0.25, 0.3) is 11.4 Å². The van der Waals surface area contributed by atoms with Crippen LogP contribution in [0, 0.1) is 0 Å². The van der Waals surface area contributed by atoms with Crippen molar-refractivity contribution in [3.63, 3.8) is 0 Å². The maximum atomic E-state index is 4.86. The summed E-state index contributed by atoms with van der Waals surface area (Å²) in [5.41, 5.74) is 1.05. The first kappa shape index (κ1) is 14.2. The van der Waals surface area contributed by atoms with Crippen LogP contribution in [0.5, 0.6) is 0 Å². The van der Waals surface area contributed by atoms with Crippen LogP contribution in [0.3, 0.4) is 0 Å². The Labute approximate surface area is 125 Å². The topological polar surface area (TPSA) is 55.6 Å². The second kappa shape index (κ2) is 6.80. The van der Waals surface area contributed by atoms with Gasteiger partial charge in [0.25, 0.3) is 0 Å². The Kier molecular flexibility index (Phi) is 4.60. The number of nitrogens with one attached hydrogen (secondary N) is 1. The van der Waals surface area contributed by atoms with Gasteiger partial charge in [0, 0.05) is 30.4 Å². The van der Waals surface area contributed by atoms with E-state index in [2.05, 4.69) is 21.9 Å². The predicted octanol–water partition coefficient (Wildman–Crippen LogP) is 2.61. The first-order valence-corrected chi connectivity index (χ1v) is 7.94. The fourth-order valence-corrected chi connectivity index (χ4v) is 2.93. The zero-order chi connectivity index (χ0) is 14.5. The van der Waals surface area contributed by atoms with Gasteiger partial charge >= 0.3 is 0 Å². The van der Waals surface area contributed by atoms with Gasteiger partial charge in [-0.05, 0) is 50.9 Å². The molecular weight excluding hydrogens is 262 g/mol. The maximum absolute atomic E-state index is 4.86. The van der Waals surface area contributed by atoms with Crippen molar-refractivity contribution in [2.24, 2.45) is 0 Å². The lowest BCUT2D eigenvalue weighted by Gasteiger charge is -2.13. The van der Waals surface area contributed by atoms with Gasteiger partial charge in [0.2, 0.25) is 0 Å². The molecule has 5 nitrogen and oxygen atoms in total. The Balaban J connectivity index is 1.92. The molecule has 0 spiro atoms. The minimum Gasteiger partial charge on any atom is -0.317 e. The third-order valence-electron chi connectivity index (χ3n) is 4.02. The van der Waals surface area contributed by atoms with Gasteiger partial charge in [-0.2, -0.15) is 5.10 Å². The molecule has 1 aliphatic heterocycles. The highest BCUT2D eigenvalue weighted by molar-refractivity contribution is 5.53. The van der Waals surface area contributed by atoms with E-state index in [1.165, 1.54) is 12.8 Å². The molecule has 2 aromatic rings. The van der Waals surface area contributed by atoms with Crippen molar-refractivity contribution in [2.75, 3.05) is 13.1 Å². The SMILES string of the molecule is CCCn1nc(-c2ccncc2)nc1C1CCCNCC1. The molecule has 3 heterocycles. The molecule has 3 rings (SSSR count). The number of rotatable bonds is 4. The van der Waals surface area contributed by atoms with E-state index in [1.807, 2.05) is 12.1 Å². The fraction of sp³-hybridized carbons (Fsp3) is 0.562. The van der Waals surface area contributed by atoms with E-state index >= 15 is 0 Å². The third kappa shape index (κ3) is 3.29. The van der Waals surface area contributed by atoms with Crippen LogP contribution < -0.4 is 5.32 Å². The highest BCUT2D eigenvalue weighted by Gasteiger charge is 2.21. The van der Waals surface area contributed by atoms with Gasteiger partial charge in [-0.1, -0.05) is 6.92 Å². The Morgan fingerprint density at radius 3 is 2.90 bits per heavy atom. The average Bonchev–Trinajstić information content (AvgIpc) is 2.76. The zero-order valence-corrected chi connectivity index (χ0v) is 12.6. The maximum Gasteiger partial charge on any atom is 0.181 e. The summed E-state index contributed by atoms with van der Waals surface area (Å²) in [5.74, 6) is 2.51. The molecule has 1 N–H and O–H groups in total. The zero-order valence-electron chi connectivity index (χ0n) is 12.6. The molecular formula is C16H23N5. The van der Waals surface area contributed by atoms with E-state index in [0.717, 1.165) is 49.7 Å². The quantitative estimate of drug-likeness (QED) is 0.938. The lowest BCUT2D eigenvalue weighted by molar-refractivity contribution is 0.497. The highest BCUT2D eigenvalue weighted by atomic mass is 15.3. The van der Waals surface area contributed by atoms with Gasteiger partial charge in [-0.25, -0.2) is 9.67 Å². The smallest absolute Gasteiger partial charge is 0.181 e. The second-order valence-corrected chi connectivity index (χ2v) is 5.63. The summed E-state index contributed by atoms with van der Waals surface area (Å²) in [6.07, 6.45) is 8.24. The van der Waals surface area contributed by atoms with E-state index < -0.39 is 0 Å². The van der Waals surface area contributed by atoms with Crippen LogP contribution in [0.4, 0.5) is 0 Å². The molecule has 0 saturated carbocycles. The lowest BCUT2D eigenvalue weighted by atomic mass is 10.00. The minimum atomic E-state index is 0.523. The number of hydrogen-bond donors (Lipinski definition) is 1. The van der Waals surface area contributed by atoms with Crippen LogP contribution in [-0.2, 0) is 6.54 Å². The van der Waals surface area contributed by atoms with Gasteiger partial charge in [-0.3, -0.25) is 4.98 Å². The summed E-state index contributed by atoms with van der Waals surface area (Å²) in [5, 5.41) is 8.20. The molecule has 0 aromatic carbocycles. The minimum absolute atomic E-state index is 0.523. The molecule has 1 fully saturated rings. The monoisotopic (exact) mass is 285 g/mol. The van der Waals surface area contributed by atoms with Gasteiger partial charge in [0.15, 0.2) is 5.82 Å². The summed E-state index contributed by atoms with van der Waals surface area (Å²) in [6.45, 7) is 5.33. The standard InChI is InChI=1S/C16H23N5/c1-2-12-21-16(14-4-3-8-17-11-7-14)19-15(20-21)13-5-9-18-10-6-13/h5-6,9-10,14,17H,2-4,7-8,11-12H2,1H3. The Bertz CT molecular complexity index is 555. The van der Waals surface area contributed by atoms with Crippen LogP contribution in [0.2, 0.25) is 0 Å². The van der Waals surface area contributed by atoms with Gasteiger partial charge in [0.05, 0.1) is 0 Å². The number of hydrogen-bond acceptors (Lipinski definition) is 4. The van der Waals surface area contributed by atoms with E-state index in [9.17, 15) is 0 Å². The molecule has 2 aromatic heterocycles. The molecule has 0 bridgehead atoms. The van der Waals surface area contributed by atoms with Gasteiger partial charge in [-0.15, -0.1) is 0 Å². The Morgan fingerprint density at radius 2 is 2.10 bits per heavy atom. The van der Waals surface area contributed by atoms with Crippen molar-refractivity contribution < 1.29 is 0 Å². The van der Waals surface area contributed by atoms with Crippen LogP contribution in [0.15, 0.2) is 24.5 Å². The molecule has 5 heteroatoms. The lowest BCUT2D eigenvalue weighted by Crippen LogP contribution is -2.15. The van der Waals surface area contributed by atoms with Crippen molar-refractivity contribution in [3.05, 3.63) is 30.4 Å². The molecule has 1 aliphatic rings. The van der Waals surface area contributed by atoms with Gasteiger partial charge < -0.3 is 5.32 Å². The summed E-state index contributed by atoms with van der Waals surface area (Å²) in [7, 11) is 0. The molecule has 112 valence electrons. The normalized spacial score (nSPS) is 19.4. The summed E-state index contributed by atoms with van der Waals surface area (Å²) in [6, 6.07) is 3.95. The van der Waals surface area contributed by atoms with E-state index in [1.54, 1.807) is 12.4 Å². The van der Waals surface area contributed by atoms with E-state index in [0.29, 0.717) is 5.92 Å². The predicted molar refractivity (Wildman–Crippen MR) is 83.0 cm³/mol. The fourth-order valence-electron chi connectivity index (χ4n) is 2.93. The van der Waals surface area contributed by atoms with Crippen LogP contribution >= 0.6 is 0 Å². The second-order valence-electron chi connectivity index (χ2n) is 5.63. The summed E-state index contributed by atoms with van der Waals surface area (Å²) >= 11 is 0. The Morgan fingerprint density at radius 1 is 1.24 bits per heavy atom. The largest absolute Gasteiger partial charge is 0.317 e. The van der Waals surface area contributed by atoms with Crippen LogP contribution in [-0.4, -0.2) is 32.8 Å². The molecule has 21 heavy (non-hydrogen) atoms. The van der Waals surface area contributed by atoms with E-state index in [4.69, 9.17) is 10.1 Å². The molecule has 1 unspecified atom stereocenters. The number of nitrogens with zero attached hydrogens (tertiary/aromatic N) is 4. The molecule has 1 saturated heterocycles. The van der Waals surface area contributed by atoms with Crippen molar-refractivity contribution in [1.29, 1.82) is 0 Å². The first-order chi connectivity index (χ1) is 10.4. The number of aryl methyl sites for hydroxylation is 1. The van der Waals surface area contributed by atoms with Crippen molar-refractivity contribution >= 4 is 0 Å². The van der Waals surface area contributed by atoms with Crippen molar-refractivity contribution in [2.45, 2.75) is 45.1 Å². The van der Waals surface area contributed by atoms with Crippen LogP contribution in [0.1, 0.15) is 44.3 Å². The number of pyridine rings is 1. The molecule has 0 aliphatic carbocycles. The molecule has 1 atom stereocenters. The molecule has 0 amide bonds. The third-order valence-corrected chi connectivity index (χ3v) is 4.02. The van der Waals surface area contributed by atoms with Gasteiger partial charge in [0.1, 0.15) is 5.82 Å². The average molecular weight is 285 g/mol. The van der Waals surface area contributed by atoms with E-state index in [-0.39, 0.29) is 0 Å². The molecule has 0 radical (unpaired) electrons. The van der Waals surface area contributed by atoms with Crippen molar-refractivity contribution in [1.82, 2.24) is 25.1 Å². The van der Waals surface area contributed by atoms with Crippen molar-refractivity contribution in [3.8, 4) is 11.4 Å².